The molecular formula is C16H16N4OS. The molecule has 0 unspecified atom stereocenters. The van der Waals surface area contributed by atoms with Crippen LogP contribution in [0.15, 0.2) is 29.1 Å². The summed E-state index contributed by atoms with van der Waals surface area (Å²) in [6, 6.07) is 3.88. The van der Waals surface area contributed by atoms with Crippen LogP contribution in [0, 0.1) is 5.92 Å². The van der Waals surface area contributed by atoms with Crippen LogP contribution >= 0.6 is 11.3 Å². The van der Waals surface area contributed by atoms with Gasteiger partial charge in [0, 0.05) is 24.5 Å². The van der Waals surface area contributed by atoms with Crippen molar-refractivity contribution in [1.29, 1.82) is 0 Å². The van der Waals surface area contributed by atoms with E-state index in [1.165, 1.54) is 12.8 Å². The number of hydrogen-bond acceptors (Lipinski definition) is 4. The lowest BCUT2D eigenvalue weighted by Crippen LogP contribution is -2.25. The van der Waals surface area contributed by atoms with Gasteiger partial charge in [0.1, 0.15) is 0 Å². The van der Waals surface area contributed by atoms with Crippen LogP contribution in [0.3, 0.4) is 0 Å². The fraction of sp³-hybridized carbons (Fsp3) is 0.312. The second-order valence-corrected chi connectivity index (χ2v) is 6.51. The van der Waals surface area contributed by atoms with Gasteiger partial charge in [0.05, 0.1) is 22.8 Å². The van der Waals surface area contributed by atoms with E-state index in [4.69, 9.17) is 0 Å². The highest BCUT2D eigenvalue weighted by Gasteiger charge is 2.23. The van der Waals surface area contributed by atoms with Crippen LogP contribution in [-0.4, -0.2) is 27.2 Å². The second-order valence-electron chi connectivity index (χ2n) is 5.73. The molecule has 0 aliphatic heterocycles. The zero-order valence-corrected chi connectivity index (χ0v) is 13.1. The fourth-order valence-corrected chi connectivity index (χ4v) is 3.16. The van der Waals surface area contributed by atoms with E-state index in [9.17, 15) is 4.79 Å². The summed E-state index contributed by atoms with van der Waals surface area (Å²) in [4.78, 5) is 17.2. The average Bonchev–Trinajstić information content (AvgIpc) is 3.05. The highest BCUT2D eigenvalue weighted by molar-refractivity contribution is 7.08. The molecule has 112 valence electrons. The first-order valence-corrected chi connectivity index (χ1v) is 8.30. The number of amides is 1. The molecule has 6 heteroatoms. The van der Waals surface area contributed by atoms with Crippen LogP contribution in [0.25, 0.3) is 22.3 Å². The van der Waals surface area contributed by atoms with Gasteiger partial charge in [-0.25, -0.2) is 4.98 Å². The third kappa shape index (κ3) is 2.39. The maximum atomic E-state index is 12.5. The molecular weight excluding hydrogens is 296 g/mol. The lowest BCUT2D eigenvalue weighted by Gasteiger charge is -2.08. The van der Waals surface area contributed by atoms with Crippen molar-refractivity contribution in [3.05, 3.63) is 34.7 Å². The number of thiophene rings is 1. The summed E-state index contributed by atoms with van der Waals surface area (Å²) in [5, 5.41) is 12.1. The number of aromatic nitrogens is 3. The van der Waals surface area contributed by atoms with Gasteiger partial charge >= 0.3 is 0 Å². The van der Waals surface area contributed by atoms with Crippen LogP contribution in [0.5, 0.6) is 0 Å². The summed E-state index contributed by atoms with van der Waals surface area (Å²) in [7, 11) is 1.85. The van der Waals surface area contributed by atoms with E-state index in [-0.39, 0.29) is 5.91 Å². The largest absolute Gasteiger partial charge is 0.352 e. The molecule has 1 aliphatic rings. The molecule has 1 fully saturated rings. The Morgan fingerprint density at radius 3 is 3.09 bits per heavy atom. The first kappa shape index (κ1) is 13.5. The Kier molecular flexibility index (Phi) is 3.18. The zero-order valence-electron chi connectivity index (χ0n) is 12.2. The van der Waals surface area contributed by atoms with Gasteiger partial charge in [0.25, 0.3) is 5.91 Å². The van der Waals surface area contributed by atoms with E-state index >= 15 is 0 Å². The third-order valence-corrected chi connectivity index (χ3v) is 4.70. The van der Waals surface area contributed by atoms with Crippen LogP contribution in [-0.2, 0) is 7.05 Å². The summed E-state index contributed by atoms with van der Waals surface area (Å²) < 4.78 is 1.71. The van der Waals surface area contributed by atoms with Crippen molar-refractivity contribution in [1.82, 2.24) is 20.1 Å². The number of nitrogens with one attached hydrogen (secondary N) is 1. The van der Waals surface area contributed by atoms with Crippen LogP contribution in [0.4, 0.5) is 0 Å². The molecule has 1 aliphatic carbocycles. The Hall–Kier alpha value is -2.21. The molecule has 3 heterocycles. The molecule has 0 aromatic carbocycles. The number of nitrogens with zero attached hydrogens (tertiary/aromatic N) is 3. The Bertz CT molecular complexity index is 833. The van der Waals surface area contributed by atoms with Gasteiger partial charge in [-0.1, -0.05) is 0 Å². The maximum Gasteiger partial charge on any atom is 0.252 e. The van der Waals surface area contributed by atoms with Gasteiger partial charge in [0.15, 0.2) is 5.65 Å². The average molecular weight is 312 g/mol. The summed E-state index contributed by atoms with van der Waals surface area (Å²) in [6.45, 7) is 0.761. The molecule has 1 N–H and O–H groups in total. The summed E-state index contributed by atoms with van der Waals surface area (Å²) in [6.07, 6.45) is 4.16. The smallest absolute Gasteiger partial charge is 0.252 e. The first-order chi connectivity index (χ1) is 10.7. The Labute approximate surface area is 132 Å². The molecule has 3 aromatic rings. The number of hydrogen-bond donors (Lipinski definition) is 1. The van der Waals surface area contributed by atoms with Gasteiger partial charge < -0.3 is 5.32 Å². The number of rotatable bonds is 4. The molecule has 22 heavy (non-hydrogen) atoms. The van der Waals surface area contributed by atoms with E-state index < -0.39 is 0 Å². The third-order valence-electron chi connectivity index (χ3n) is 4.01. The van der Waals surface area contributed by atoms with Crippen LogP contribution in [0.2, 0.25) is 0 Å². The van der Waals surface area contributed by atoms with Crippen molar-refractivity contribution >= 4 is 28.3 Å². The summed E-state index contributed by atoms with van der Waals surface area (Å²) in [5.41, 5.74) is 3.23. The molecule has 0 atom stereocenters. The minimum atomic E-state index is -0.0382. The van der Waals surface area contributed by atoms with Crippen molar-refractivity contribution < 1.29 is 4.79 Å². The lowest BCUT2D eigenvalue weighted by molar-refractivity contribution is 0.0953. The molecule has 0 bridgehead atoms. The van der Waals surface area contributed by atoms with Crippen molar-refractivity contribution in [2.75, 3.05) is 6.54 Å². The molecule has 0 radical (unpaired) electrons. The van der Waals surface area contributed by atoms with Gasteiger partial charge in [-0.2, -0.15) is 16.4 Å². The van der Waals surface area contributed by atoms with E-state index in [1.54, 1.807) is 22.2 Å². The highest BCUT2D eigenvalue weighted by Crippen LogP contribution is 2.29. The van der Waals surface area contributed by atoms with E-state index in [2.05, 4.69) is 15.4 Å². The predicted octanol–water partition coefficient (Wildman–Crippen LogP) is 2.84. The first-order valence-electron chi connectivity index (χ1n) is 7.36. The lowest BCUT2D eigenvalue weighted by atomic mass is 10.1. The van der Waals surface area contributed by atoms with E-state index in [0.717, 1.165) is 28.8 Å². The van der Waals surface area contributed by atoms with Crippen molar-refractivity contribution in [2.24, 2.45) is 13.0 Å². The standard InChI is InChI=1S/C16H16N4OS/c1-20-15-13(8-18-20)12(16(21)17-7-10-2-3-10)6-14(19-15)11-4-5-22-9-11/h4-6,8-10H,2-3,7H2,1H3,(H,17,21). The number of carbonyl (C=O) groups is 1. The van der Waals surface area contributed by atoms with Crippen molar-refractivity contribution in [3.63, 3.8) is 0 Å². The molecule has 5 nitrogen and oxygen atoms in total. The van der Waals surface area contributed by atoms with Gasteiger partial charge in [-0.3, -0.25) is 9.48 Å². The van der Waals surface area contributed by atoms with Crippen LogP contribution in [0.1, 0.15) is 23.2 Å². The second kappa shape index (κ2) is 5.21. The number of carbonyl (C=O) groups excluding carboxylic acids is 1. The normalized spacial score (nSPS) is 14.4. The predicted molar refractivity (Wildman–Crippen MR) is 86.9 cm³/mol. The van der Waals surface area contributed by atoms with Crippen LogP contribution < -0.4 is 5.32 Å². The summed E-state index contributed by atoms with van der Waals surface area (Å²) >= 11 is 1.62. The van der Waals surface area contributed by atoms with Gasteiger partial charge in [-0.05, 0) is 36.3 Å². The topological polar surface area (TPSA) is 59.8 Å². The Morgan fingerprint density at radius 1 is 1.50 bits per heavy atom. The molecule has 0 saturated heterocycles. The maximum absolute atomic E-state index is 12.5. The molecule has 4 rings (SSSR count). The Balaban J connectivity index is 1.78. The van der Waals surface area contributed by atoms with Crippen molar-refractivity contribution in [2.45, 2.75) is 12.8 Å². The number of fused-ring (bicyclic) bond motifs is 1. The minimum absolute atomic E-state index is 0.0382. The Morgan fingerprint density at radius 2 is 2.36 bits per heavy atom. The fourth-order valence-electron chi connectivity index (χ4n) is 2.51. The summed E-state index contributed by atoms with van der Waals surface area (Å²) in [5.74, 6) is 0.621. The highest BCUT2D eigenvalue weighted by atomic mass is 32.1. The van der Waals surface area contributed by atoms with E-state index in [1.807, 2.05) is 29.9 Å². The molecule has 1 amide bonds. The molecule has 3 aromatic heterocycles. The molecule has 1 saturated carbocycles. The zero-order chi connectivity index (χ0) is 15.1. The van der Waals surface area contributed by atoms with Gasteiger partial charge in [0.2, 0.25) is 0 Å². The quantitative estimate of drug-likeness (QED) is 0.806. The van der Waals surface area contributed by atoms with Crippen molar-refractivity contribution in [3.8, 4) is 11.3 Å². The van der Waals surface area contributed by atoms with E-state index in [0.29, 0.717) is 11.5 Å². The number of pyridine rings is 1. The monoisotopic (exact) mass is 312 g/mol. The minimum Gasteiger partial charge on any atom is -0.352 e. The molecule has 0 spiro atoms. The number of aryl methyl sites for hydroxylation is 1. The SMILES string of the molecule is Cn1ncc2c(C(=O)NCC3CC3)cc(-c3ccsc3)nc21. The van der Waals surface area contributed by atoms with Gasteiger partial charge in [-0.15, -0.1) is 0 Å².